The van der Waals surface area contributed by atoms with Crippen molar-refractivity contribution in [2.75, 3.05) is 25.3 Å². The number of aromatic hydroxyl groups is 1. The molecule has 5 heteroatoms. The Labute approximate surface area is 117 Å². The average molecular weight is 274 g/mol. The maximum Gasteiger partial charge on any atom is 0.162 e. The highest BCUT2D eigenvalue weighted by atomic mass is 16.5. The summed E-state index contributed by atoms with van der Waals surface area (Å²) in [6.45, 7) is 0.465. The highest BCUT2D eigenvalue weighted by molar-refractivity contribution is 5.56. The number of hydrogen-bond donors (Lipinski definition) is 3. The molecule has 0 aromatic heterocycles. The summed E-state index contributed by atoms with van der Waals surface area (Å²) >= 11 is 0. The molecule has 0 atom stereocenters. The fraction of sp³-hybridized carbons (Fsp3) is 0.200. The third-order valence-corrected chi connectivity index (χ3v) is 2.97. The Kier molecular flexibility index (Phi) is 4.20. The lowest BCUT2D eigenvalue weighted by atomic mass is 10.1. The summed E-state index contributed by atoms with van der Waals surface area (Å²) in [6.07, 6.45) is 0. The van der Waals surface area contributed by atoms with Crippen molar-refractivity contribution in [3.8, 4) is 17.2 Å². The first kappa shape index (κ1) is 13.9. The fourth-order valence-electron chi connectivity index (χ4n) is 1.89. The normalized spacial score (nSPS) is 10.1. The summed E-state index contributed by atoms with van der Waals surface area (Å²) in [5.74, 6) is 1.53. The predicted octanol–water partition coefficient (Wildman–Crippen LogP) is 2.60. The zero-order valence-electron chi connectivity index (χ0n) is 11.5. The Morgan fingerprint density at radius 2 is 1.80 bits per heavy atom. The van der Waals surface area contributed by atoms with Crippen LogP contribution in [0.15, 0.2) is 36.4 Å². The molecule has 0 aliphatic carbocycles. The van der Waals surface area contributed by atoms with Gasteiger partial charge >= 0.3 is 0 Å². The zero-order chi connectivity index (χ0) is 14.5. The van der Waals surface area contributed by atoms with Crippen LogP contribution < -0.4 is 20.5 Å². The standard InChI is InChI=1S/C15H18N2O3/c1-19-14-6-4-12(8-15(14)20-2)17-9-10-7-11(16)3-5-13(10)18/h3-8,17-18H,9,16H2,1-2H3. The van der Waals surface area contributed by atoms with E-state index in [0.717, 1.165) is 11.3 Å². The number of hydrogen-bond acceptors (Lipinski definition) is 5. The van der Waals surface area contributed by atoms with Gasteiger partial charge in [-0.2, -0.15) is 0 Å². The number of benzene rings is 2. The molecule has 0 aliphatic rings. The molecule has 0 bridgehead atoms. The first-order valence-corrected chi connectivity index (χ1v) is 6.17. The van der Waals surface area contributed by atoms with E-state index in [1.165, 1.54) is 0 Å². The summed E-state index contributed by atoms with van der Waals surface area (Å²) in [4.78, 5) is 0. The van der Waals surface area contributed by atoms with E-state index in [4.69, 9.17) is 15.2 Å². The number of ether oxygens (including phenoxy) is 2. The van der Waals surface area contributed by atoms with Crippen LogP contribution in [0.4, 0.5) is 11.4 Å². The Balaban J connectivity index is 2.12. The number of nitrogens with two attached hydrogens (primary N) is 1. The molecule has 4 N–H and O–H groups in total. The van der Waals surface area contributed by atoms with E-state index in [9.17, 15) is 5.11 Å². The molecule has 0 heterocycles. The van der Waals surface area contributed by atoms with E-state index >= 15 is 0 Å². The Hall–Kier alpha value is -2.56. The lowest BCUT2D eigenvalue weighted by Crippen LogP contribution is -2.01. The summed E-state index contributed by atoms with van der Waals surface area (Å²) in [5.41, 5.74) is 7.92. The highest BCUT2D eigenvalue weighted by Gasteiger charge is 2.06. The molecular formula is C15H18N2O3. The van der Waals surface area contributed by atoms with Gasteiger partial charge in [-0.1, -0.05) is 0 Å². The van der Waals surface area contributed by atoms with Crippen LogP contribution in [0.3, 0.4) is 0 Å². The Bertz CT molecular complexity index is 600. The summed E-state index contributed by atoms with van der Waals surface area (Å²) < 4.78 is 10.4. The summed E-state index contributed by atoms with van der Waals surface area (Å²) in [6, 6.07) is 10.5. The molecule has 106 valence electrons. The third kappa shape index (κ3) is 3.06. The molecule has 0 radical (unpaired) electrons. The van der Waals surface area contributed by atoms with Crippen LogP contribution in [0.2, 0.25) is 0 Å². The minimum Gasteiger partial charge on any atom is -0.508 e. The zero-order valence-corrected chi connectivity index (χ0v) is 11.5. The molecule has 0 saturated heterocycles. The number of phenolic OH excluding ortho intramolecular Hbond substituents is 1. The molecular weight excluding hydrogens is 256 g/mol. The van der Waals surface area contributed by atoms with Crippen LogP contribution in [0.5, 0.6) is 17.2 Å². The van der Waals surface area contributed by atoms with Gasteiger partial charge in [0, 0.05) is 29.5 Å². The monoisotopic (exact) mass is 274 g/mol. The smallest absolute Gasteiger partial charge is 0.162 e. The van der Waals surface area contributed by atoms with E-state index < -0.39 is 0 Å². The van der Waals surface area contributed by atoms with Crippen LogP contribution in [-0.2, 0) is 6.54 Å². The van der Waals surface area contributed by atoms with E-state index in [1.807, 2.05) is 18.2 Å². The van der Waals surface area contributed by atoms with Crippen molar-refractivity contribution < 1.29 is 14.6 Å². The Morgan fingerprint density at radius 3 is 2.50 bits per heavy atom. The van der Waals surface area contributed by atoms with Gasteiger partial charge < -0.3 is 25.6 Å². The molecule has 5 nitrogen and oxygen atoms in total. The van der Waals surface area contributed by atoms with Crippen LogP contribution >= 0.6 is 0 Å². The molecule has 0 fully saturated rings. The van der Waals surface area contributed by atoms with Crippen LogP contribution in [0, 0.1) is 0 Å². The second-order valence-corrected chi connectivity index (χ2v) is 4.31. The number of phenols is 1. The number of nitrogen functional groups attached to an aromatic ring is 1. The van der Waals surface area contributed by atoms with Gasteiger partial charge in [-0.3, -0.25) is 0 Å². The predicted molar refractivity (Wildman–Crippen MR) is 79.4 cm³/mol. The second-order valence-electron chi connectivity index (χ2n) is 4.31. The van der Waals surface area contributed by atoms with Crippen molar-refractivity contribution in [2.24, 2.45) is 0 Å². The minimum absolute atomic E-state index is 0.215. The highest BCUT2D eigenvalue weighted by Crippen LogP contribution is 2.30. The average Bonchev–Trinajstić information content (AvgIpc) is 2.47. The minimum atomic E-state index is 0.215. The number of nitrogens with one attached hydrogen (secondary N) is 1. The lowest BCUT2D eigenvalue weighted by Gasteiger charge is -2.12. The number of anilines is 2. The van der Waals surface area contributed by atoms with Crippen molar-refractivity contribution in [1.82, 2.24) is 0 Å². The molecule has 0 unspecified atom stereocenters. The van der Waals surface area contributed by atoms with Crippen molar-refractivity contribution in [3.63, 3.8) is 0 Å². The van der Waals surface area contributed by atoms with Crippen molar-refractivity contribution in [1.29, 1.82) is 0 Å². The quantitative estimate of drug-likeness (QED) is 0.577. The fourth-order valence-corrected chi connectivity index (χ4v) is 1.89. The second kappa shape index (κ2) is 6.06. The topological polar surface area (TPSA) is 76.7 Å². The molecule has 2 rings (SSSR count). The SMILES string of the molecule is COc1ccc(NCc2cc(N)ccc2O)cc1OC. The first-order valence-electron chi connectivity index (χ1n) is 6.17. The van der Waals surface area contributed by atoms with Gasteiger partial charge in [-0.25, -0.2) is 0 Å². The summed E-state index contributed by atoms with van der Waals surface area (Å²) in [5, 5.41) is 13.0. The van der Waals surface area contributed by atoms with Crippen molar-refractivity contribution in [2.45, 2.75) is 6.54 Å². The van der Waals surface area contributed by atoms with Gasteiger partial charge in [-0.15, -0.1) is 0 Å². The third-order valence-electron chi connectivity index (χ3n) is 2.97. The van der Waals surface area contributed by atoms with Gasteiger partial charge in [0.15, 0.2) is 11.5 Å². The maximum atomic E-state index is 9.76. The molecule has 20 heavy (non-hydrogen) atoms. The molecule has 0 spiro atoms. The lowest BCUT2D eigenvalue weighted by molar-refractivity contribution is 0.355. The number of rotatable bonds is 5. The molecule has 2 aromatic carbocycles. The van der Waals surface area contributed by atoms with Gasteiger partial charge in [0.05, 0.1) is 14.2 Å². The molecule has 0 aliphatic heterocycles. The van der Waals surface area contributed by atoms with Crippen LogP contribution in [0.25, 0.3) is 0 Å². The first-order chi connectivity index (χ1) is 9.63. The van der Waals surface area contributed by atoms with E-state index in [1.54, 1.807) is 32.4 Å². The maximum absolute atomic E-state index is 9.76. The van der Waals surface area contributed by atoms with Gasteiger partial charge in [0.1, 0.15) is 5.75 Å². The van der Waals surface area contributed by atoms with E-state index in [0.29, 0.717) is 23.7 Å². The molecule has 0 amide bonds. The van der Waals surface area contributed by atoms with Crippen molar-refractivity contribution >= 4 is 11.4 Å². The largest absolute Gasteiger partial charge is 0.508 e. The van der Waals surface area contributed by atoms with E-state index in [2.05, 4.69) is 5.32 Å². The molecule has 0 saturated carbocycles. The molecule has 2 aromatic rings. The Morgan fingerprint density at radius 1 is 1.05 bits per heavy atom. The van der Waals surface area contributed by atoms with Gasteiger partial charge in [0.25, 0.3) is 0 Å². The van der Waals surface area contributed by atoms with E-state index in [-0.39, 0.29) is 5.75 Å². The van der Waals surface area contributed by atoms with Crippen LogP contribution in [-0.4, -0.2) is 19.3 Å². The van der Waals surface area contributed by atoms with Gasteiger partial charge in [0.2, 0.25) is 0 Å². The summed E-state index contributed by atoms with van der Waals surface area (Å²) in [7, 11) is 3.18. The number of methoxy groups -OCH3 is 2. The van der Waals surface area contributed by atoms with Crippen molar-refractivity contribution in [3.05, 3.63) is 42.0 Å². The van der Waals surface area contributed by atoms with Gasteiger partial charge in [-0.05, 0) is 30.3 Å². The van der Waals surface area contributed by atoms with Crippen LogP contribution in [0.1, 0.15) is 5.56 Å².